The summed E-state index contributed by atoms with van der Waals surface area (Å²) in [4.78, 5) is 14.2. The van der Waals surface area contributed by atoms with Crippen LogP contribution in [0.15, 0.2) is 47.4 Å². The van der Waals surface area contributed by atoms with E-state index in [1.165, 1.54) is 0 Å². The van der Waals surface area contributed by atoms with Crippen molar-refractivity contribution in [2.45, 2.75) is 51.2 Å². The Balaban J connectivity index is 1.59. The molecular weight excluding hydrogens is 426 g/mol. The minimum absolute atomic E-state index is 0.181. The van der Waals surface area contributed by atoms with Crippen molar-refractivity contribution in [2.24, 2.45) is 5.92 Å². The van der Waals surface area contributed by atoms with Gasteiger partial charge in [0.25, 0.3) is 0 Å². The van der Waals surface area contributed by atoms with E-state index < -0.39 is 22.2 Å². The molecule has 32 heavy (non-hydrogen) atoms. The molecule has 0 spiro atoms. The normalized spacial score (nSPS) is 15.8. The summed E-state index contributed by atoms with van der Waals surface area (Å²) >= 11 is 0. The summed E-state index contributed by atoms with van der Waals surface area (Å²) in [6, 6.07) is 14.4. The first-order valence-corrected chi connectivity index (χ1v) is 12.1. The molecule has 0 unspecified atom stereocenters. The van der Waals surface area contributed by atoms with Crippen LogP contribution >= 0.6 is 0 Å². The Labute approximate surface area is 190 Å². The molecule has 1 amide bonds. The number of nitrogens with zero attached hydrogens (tertiary/aromatic N) is 2. The molecule has 1 heterocycles. The molecule has 1 aliphatic rings. The Morgan fingerprint density at radius 2 is 1.75 bits per heavy atom. The summed E-state index contributed by atoms with van der Waals surface area (Å²) in [6.07, 6.45) is 0.646. The predicted octanol–water partition coefficient (Wildman–Crippen LogP) is 3.83. The number of amides is 1. The summed E-state index contributed by atoms with van der Waals surface area (Å²) in [7, 11) is -3.85. The first-order valence-electron chi connectivity index (χ1n) is 10.7. The minimum atomic E-state index is -3.85. The average Bonchev–Trinajstić information content (AvgIpc) is 2.75. The molecule has 170 valence electrons. The van der Waals surface area contributed by atoms with Gasteiger partial charge in [-0.2, -0.15) is 9.98 Å². The number of hydrogen-bond donors (Lipinski definition) is 1. The number of sulfonamides is 1. The van der Waals surface area contributed by atoms with Crippen LogP contribution in [0.4, 0.5) is 4.79 Å². The van der Waals surface area contributed by atoms with Crippen LogP contribution in [0.25, 0.3) is 0 Å². The lowest BCUT2D eigenvalue weighted by Gasteiger charge is -2.33. The number of rotatable bonds is 6. The van der Waals surface area contributed by atoms with Crippen LogP contribution in [0.1, 0.15) is 35.1 Å². The van der Waals surface area contributed by atoms with Gasteiger partial charge in [-0.05, 0) is 56.2 Å². The molecule has 0 aromatic heterocycles. The zero-order chi connectivity index (χ0) is 23.3. The van der Waals surface area contributed by atoms with Crippen LogP contribution in [0, 0.1) is 38.0 Å². The third-order valence-electron chi connectivity index (χ3n) is 5.77. The third kappa shape index (κ3) is 5.67. The van der Waals surface area contributed by atoms with Gasteiger partial charge in [0.2, 0.25) is 10.0 Å². The first kappa shape index (κ1) is 23.8. The van der Waals surface area contributed by atoms with E-state index >= 15 is 0 Å². The average molecular weight is 456 g/mol. The van der Waals surface area contributed by atoms with Crippen molar-refractivity contribution >= 4 is 16.1 Å². The largest absolute Gasteiger partial charge is 0.445 e. The molecule has 0 bridgehead atoms. The number of piperidine rings is 1. The Morgan fingerprint density at radius 1 is 1.16 bits per heavy atom. The quantitative estimate of drug-likeness (QED) is 0.714. The van der Waals surface area contributed by atoms with Crippen LogP contribution < -0.4 is 4.72 Å². The van der Waals surface area contributed by atoms with Gasteiger partial charge in [0.05, 0.1) is 11.0 Å². The minimum Gasteiger partial charge on any atom is -0.445 e. The van der Waals surface area contributed by atoms with Crippen molar-refractivity contribution in [2.75, 3.05) is 13.1 Å². The molecule has 0 saturated carbocycles. The Bertz CT molecular complexity index is 1080. The van der Waals surface area contributed by atoms with Crippen LogP contribution in [0.2, 0.25) is 0 Å². The lowest BCUT2D eigenvalue weighted by atomic mass is 9.91. The highest BCUT2D eigenvalue weighted by atomic mass is 32.2. The van der Waals surface area contributed by atoms with E-state index in [0.29, 0.717) is 37.1 Å². The van der Waals surface area contributed by atoms with Gasteiger partial charge in [-0.15, -0.1) is 0 Å². The van der Waals surface area contributed by atoms with Gasteiger partial charge in [-0.25, -0.2) is 13.2 Å². The number of nitriles is 1. The molecule has 1 saturated heterocycles. The summed E-state index contributed by atoms with van der Waals surface area (Å²) in [5.41, 5.74) is 3.21. The van der Waals surface area contributed by atoms with E-state index in [0.717, 1.165) is 11.1 Å². The summed E-state index contributed by atoms with van der Waals surface area (Å²) in [5.74, 6) is -0.181. The van der Waals surface area contributed by atoms with Crippen molar-refractivity contribution in [1.29, 1.82) is 5.26 Å². The molecule has 1 fully saturated rings. The maximum absolute atomic E-state index is 13.0. The third-order valence-corrected chi connectivity index (χ3v) is 7.51. The van der Waals surface area contributed by atoms with E-state index in [1.807, 2.05) is 49.4 Å². The summed E-state index contributed by atoms with van der Waals surface area (Å²) in [5, 5.41) is 9.67. The van der Waals surface area contributed by atoms with Crippen molar-refractivity contribution in [3.63, 3.8) is 0 Å². The van der Waals surface area contributed by atoms with Gasteiger partial charge < -0.3 is 9.64 Å². The van der Waals surface area contributed by atoms with Crippen LogP contribution in [0.3, 0.4) is 0 Å². The molecule has 1 atom stereocenters. The molecule has 1 N–H and O–H groups in total. The molecule has 2 aromatic rings. The fraction of sp³-hybridized carbons (Fsp3) is 0.417. The number of carbonyl (C=O) groups excluding carboxylic acids is 1. The van der Waals surface area contributed by atoms with Crippen molar-refractivity contribution in [1.82, 2.24) is 9.62 Å². The molecule has 0 radical (unpaired) electrons. The molecule has 3 rings (SSSR count). The van der Waals surface area contributed by atoms with Crippen molar-refractivity contribution < 1.29 is 17.9 Å². The Kier molecular flexibility index (Phi) is 7.54. The highest BCUT2D eigenvalue weighted by molar-refractivity contribution is 7.89. The summed E-state index contributed by atoms with van der Waals surface area (Å²) < 4.78 is 34.1. The SMILES string of the molecule is Cc1cc(C)c(S(=O)(=O)N[C@H](C#N)C2CCN(C(=O)OCc3ccccc3)CC2)c(C)c1. The van der Waals surface area contributed by atoms with E-state index in [2.05, 4.69) is 10.8 Å². The van der Waals surface area contributed by atoms with E-state index in [4.69, 9.17) is 4.74 Å². The van der Waals surface area contributed by atoms with E-state index in [9.17, 15) is 18.5 Å². The zero-order valence-corrected chi connectivity index (χ0v) is 19.5. The lowest BCUT2D eigenvalue weighted by Crippen LogP contribution is -2.46. The van der Waals surface area contributed by atoms with Gasteiger partial charge >= 0.3 is 6.09 Å². The van der Waals surface area contributed by atoms with Gasteiger partial charge in [-0.3, -0.25) is 0 Å². The van der Waals surface area contributed by atoms with E-state index in [1.54, 1.807) is 18.7 Å². The maximum atomic E-state index is 13.0. The van der Waals surface area contributed by atoms with Crippen LogP contribution in [0.5, 0.6) is 0 Å². The number of nitrogens with one attached hydrogen (secondary N) is 1. The lowest BCUT2D eigenvalue weighted by molar-refractivity contribution is 0.0809. The first-order chi connectivity index (χ1) is 15.2. The monoisotopic (exact) mass is 455 g/mol. The number of carbonyl (C=O) groups is 1. The Hall–Kier alpha value is -2.89. The van der Waals surface area contributed by atoms with Gasteiger partial charge in [0, 0.05) is 13.1 Å². The standard InChI is InChI=1S/C24H29N3O4S/c1-17-13-18(2)23(19(3)14-17)32(29,30)26-22(15-25)21-9-11-27(12-10-21)24(28)31-16-20-7-5-4-6-8-20/h4-8,13-14,21-22,26H,9-12,16H2,1-3H3/t22-/m1/s1. The molecular formula is C24H29N3O4S. The fourth-order valence-electron chi connectivity index (χ4n) is 4.27. The predicted molar refractivity (Wildman–Crippen MR) is 121 cm³/mol. The highest BCUT2D eigenvalue weighted by Gasteiger charge is 2.33. The van der Waals surface area contributed by atoms with Crippen LogP contribution in [-0.2, 0) is 21.4 Å². The molecule has 1 aliphatic heterocycles. The van der Waals surface area contributed by atoms with Gasteiger partial charge in [0.1, 0.15) is 12.6 Å². The zero-order valence-electron chi connectivity index (χ0n) is 18.7. The number of likely N-dealkylation sites (tertiary alicyclic amines) is 1. The second kappa shape index (κ2) is 10.2. The van der Waals surface area contributed by atoms with E-state index in [-0.39, 0.29) is 17.4 Å². The van der Waals surface area contributed by atoms with Gasteiger partial charge in [-0.1, -0.05) is 48.0 Å². The Morgan fingerprint density at radius 3 is 2.31 bits per heavy atom. The fourth-order valence-corrected chi connectivity index (χ4v) is 5.93. The molecule has 7 nitrogen and oxygen atoms in total. The van der Waals surface area contributed by atoms with Crippen LogP contribution in [-0.4, -0.2) is 38.5 Å². The highest BCUT2D eigenvalue weighted by Crippen LogP contribution is 2.25. The second-order valence-electron chi connectivity index (χ2n) is 8.32. The maximum Gasteiger partial charge on any atom is 0.410 e. The number of hydrogen-bond acceptors (Lipinski definition) is 5. The summed E-state index contributed by atoms with van der Waals surface area (Å²) in [6.45, 7) is 6.47. The molecule has 8 heteroatoms. The smallest absolute Gasteiger partial charge is 0.410 e. The number of ether oxygens (including phenoxy) is 1. The van der Waals surface area contributed by atoms with Crippen molar-refractivity contribution in [3.8, 4) is 6.07 Å². The van der Waals surface area contributed by atoms with Gasteiger partial charge in [0.15, 0.2) is 0 Å². The van der Waals surface area contributed by atoms with Crippen molar-refractivity contribution in [3.05, 3.63) is 64.7 Å². The number of benzene rings is 2. The number of aryl methyl sites for hydroxylation is 3. The second-order valence-corrected chi connectivity index (χ2v) is 9.97. The topological polar surface area (TPSA) is 99.5 Å². The molecule has 0 aliphatic carbocycles. The molecule has 2 aromatic carbocycles.